The molecule has 5 rings (SSSR count). The highest BCUT2D eigenvalue weighted by molar-refractivity contribution is 7.25. The number of pyridine rings is 1. The number of fused-ring (bicyclic) bond motifs is 5. The number of nitrogens with zero attached hydrogens (tertiary/aromatic N) is 3. The second kappa shape index (κ2) is 5.98. The van der Waals surface area contributed by atoms with Crippen molar-refractivity contribution in [2.45, 2.75) is 39.4 Å². The molecule has 1 fully saturated rings. The fourth-order valence-electron chi connectivity index (χ4n) is 4.04. The summed E-state index contributed by atoms with van der Waals surface area (Å²) in [7, 11) is 0. The highest BCUT2D eigenvalue weighted by Crippen LogP contribution is 2.43. The minimum Gasteiger partial charge on any atom is -0.378 e. The summed E-state index contributed by atoms with van der Waals surface area (Å²) in [5.41, 5.74) is 2.41. The minimum absolute atomic E-state index is 0.265. The molecule has 2 aliphatic heterocycles. The van der Waals surface area contributed by atoms with E-state index in [1.807, 2.05) is 6.92 Å². The van der Waals surface area contributed by atoms with Crippen LogP contribution in [0.4, 0.5) is 5.82 Å². The fraction of sp³-hybridized carbons (Fsp3) is 0.526. The molecule has 142 valence electrons. The molecule has 0 bridgehead atoms. The van der Waals surface area contributed by atoms with Gasteiger partial charge in [-0.2, -0.15) is 0 Å². The Kier molecular flexibility index (Phi) is 3.79. The third kappa shape index (κ3) is 2.66. The quantitative estimate of drug-likeness (QED) is 0.635. The summed E-state index contributed by atoms with van der Waals surface area (Å²) in [6.07, 6.45) is 0.768. The number of morpholine rings is 1. The Bertz CT molecular complexity index is 1110. The van der Waals surface area contributed by atoms with Gasteiger partial charge >= 0.3 is 5.63 Å². The lowest BCUT2D eigenvalue weighted by atomic mass is 9.89. The predicted octanol–water partition coefficient (Wildman–Crippen LogP) is 2.79. The molecule has 0 N–H and O–H groups in total. The van der Waals surface area contributed by atoms with Gasteiger partial charge in [0.1, 0.15) is 15.3 Å². The first-order chi connectivity index (χ1) is 12.9. The van der Waals surface area contributed by atoms with Gasteiger partial charge in [-0.15, -0.1) is 11.3 Å². The molecule has 1 saturated heterocycles. The van der Waals surface area contributed by atoms with Crippen molar-refractivity contribution in [1.29, 1.82) is 0 Å². The molecule has 27 heavy (non-hydrogen) atoms. The molecule has 0 saturated carbocycles. The molecule has 0 aliphatic carbocycles. The second-order valence-corrected chi connectivity index (χ2v) is 8.76. The predicted molar refractivity (Wildman–Crippen MR) is 104 cm³/mol. The number of anilines is 1. The van der Waals surface area contributed by atoms with Gasteiger partial charge in [-0.1, -0.05) is 5.16 Å². The lowest BCUT2D eigenvalue weighted by Gasteiger charge is -2.36. The van der Waals surface area contributed by atoms with Gasteiger partial charge in [0.25, 0.3) is 0 Å². The van der Waals surface area contributed by atoms with Crippen molar-refractivity contribution in [3.63, 3.8) is 0 Å². The minimum atomic E-state index is -0.397. The van der Waals surface area contributed by atoms with Crippen molar-refractivity contribution in [2.24, 2.45) is 0 Å². The highest BCUT2D eigenvalue weighted by atomic mass is 32.1. The molecule has 0 radical (unpaired) electrons. The van der Waals surface area contributed by atoms with Crippen LogP contribution in [0.15, 0.2) is 9.32 Å². The van der Waals surface area contributed by atoms with E-state index in [1.54, 1.807) is 0 Å². The molecule has 3 aromatic rings. The molecule has 0 aromatic carbocycles. The van der Waals surface area contributed by atoms with E-state index in [0.717, 1.165) is 52.2 Å². The molecular formula is C19H21N3O4S. The number of hydrogen-bond acceptors (Lipinski definition) is 8. The van der Waals surface area contributed by atoms with Gasteiger partial charge in [0, 0.05) is 35.8 Å². The van der Waals surface area contributed by atoms with E-state index >= 15 is 0 Å². The van der Waals surface area contributed by atoms with E-state index < -0.39 is 5.63 Å². The average Bonchev–Trinajstić information content (AvgIpc) is 3.05. The first kappa shape index (κ1) is 17.1. The van der Waals surface area contributed by atoms with E-state index in [-0.39, 0.29) is 5.60 Å². The number of ether oxygens (including phenoxy) is 2. The summed E-state index contributed by atoms with van der Waals surface area (Å²) >= 11 is 1.40. The van der Waals surface area contributed by atoms with Crippen molar-refractivity contribution in [1.82, 2.24) is 10.1 Å². The normalized spacial score (nSPS) is 19.6. The SMILES string of the molecule is Cc1noc(=O)c2sc3nc(N4CCOCC4)c4c(c3c12)CC(C)(C)OC4. The number of aryl methyl sites for hydroxylation is 1. The lowest BCUT2D eigenvalue weighted by molar-refractivity contribution is -0.0396. The molecule has 0 unspecified atom stereocenters. The molecular weight excluding hydrogens is 366 g/mol. The summed E-state index contributed by atoms with van der Waals surface area (Å²) in [6, 6.07) is 0. The summed E-state index contributed by atoms with van der Waals surface area (Å²) in [4.78, 5) is 20.4. The first-order valence-electron chi connectivity index (χ1n) is 9.16. The van der Waals surface area contributed by atoms with Crippen LogP contribution in [0, 0.1) is 6.92 Å². The van der Waals surface area contributed by atoms with Crippen molar-refractivity contribution in [3.8, 4) is 0 Å². The summed E-state index contributed by atoms with van der Waals surface area (Å²) in [6.45, 7) is 9.60. The largest absolute Gasteiger partial charge is 0.378 e. The van der Waals surface area contributed by atoms with Crippen LogP contribution >= 0.6 is 11.3 Å². The Balaban J connectivity index is 1.86. The maximum atomic E-state index is 12.3. The van der Waals surface area contributed by atoms with Crippen LogP contribution in [0.3, 0.4) is 0 Å². The van der Waals surface area contributed by atoms with Crippen LogP contribution < -0.4 is 10.5 Å². The highest BCUT2D eigenvalue weighted by Gasteiger charge is 2.33. The number of rotatable bonds is 1. The van der Waals surface area contributed by atoms with Gasteiger partial charge in [0.05, 0.1) is 31.1 Å². The molecule has 0 spiro atoms. The van der Waals surface area contributed by atoms with Crippen molar-refractivity contribution < 1.29 is 14.0 Å². The Morgan fingerprint density at radius 3 is 2.70 bits per heavy atom. The number of aromatic nitrogens is 2. The van der Waals surface area contributed by atoms with E-state index in [9.17, 15) is 4.79 Å². The first-order valence-corrected chi connectivity index (χ1v) is 9.97. The van der Waals surface area contributed by atoms with Gasteiger partial charge < -0.3 is 18.9 Å². The van der Waals surface area contributed by atoms with Gasteiger partial charge in [0.2, 0.25) is 0 Å². The molecule has 2 aliphatic rings. The van der Waals surface area contributed by atoms with Crippen LogP contribution in [0.5, 0.6) is 0 Å². The third-order valence-electron chi connectivity index (χ3n) is 5.37. The third-order valence-corrected chi connectivity index (χ3v) is 6.43. The van der Waals surface area contributed by atoms with Crippen LogP contribution in [0.2, 0.25) is 0 Å². The zero-order valence-corrected chi connectivity index (χ0v) is 16.4. The van der Waals surface area contributed by atoms with E-state index in [1.165, 1.54) is 16.9 Å². The monoisotopic (exact) mass is 387 g/mol. The zero-order valence-electron chi connectivity index (χ0n) is 15.6. The molecule has 5 heterocycles. The summed E-state index contributed by atoms with van der Waals surface area (Å²) in [5, 5.41) is 5.87. The Hall–Kier alpha value is -2.03. The van der Waals surface area contributed by atoms with Gasteiger partial charge in [-0.3, -0.25) is 0 Å². The molecule has 3 aromatic heterocycles. The maximum absolute atomic E-state index is 12.3. The maximum Gasteiger partial charge on any atom is 0.376 e. The van der Waals surface area contributed by atoms with E-state index in [2.05, 4.69) is 23.9 Å². The van der Waals surface area contributed by atoms with E-state index in [4.69, 9.17) is 19.0 Å². The van der Waals surface area contributed by atoms with Crippen LogP contribution in [0.1, 0.15) is 30.7 Å². The standard InChI is InChI=1S/C19H21N3O4S/c1-10-13-14-11-8-19(2,3)25-9-12(11)16(22-4-6-24-7-5-22)20-17(14)27-15(13)18(23)26-21-10/h4-9H2,1-3H3. The van der Waals surface area contributed by atoms with E-state index in [0.29, 0.717) is 24.5 Å². The Morgan fingerprint density at radius 1 is 1.15 bits per heavy atom. The van der Waals surface area contributed by atoms with Gasteiger partial charge in [0.15, 0.2) is 0 Å². The molecule has 0 amide bonds. The van der Waals surface area contributed by atoms with Gasteiger partial charge in [-0.25, -0.2) is 9.78 Å². The smallest absolute Gasteiger partial charge is 0.376 e. The van der Waals surface area contributed by atoms with Gasteiger partial charge in [-0.05, 0) is 26.3 Å². The zero-order chi connectivity index (χ0) is 18.8. The Labute approximate surface area is 159 Å². The molecule has 7 nitrogen and oxygen atoms in total. The van der Waals surface area contributed by atoms with Crippen LogP contribution in [-0.4, -0.2) is 42.0 Å². The Morgan fingerprint density at radius 2 is 1.93 bits per heavy atom. The fourth-order valence-corrected chi connectivity index (χ4v) is 5.17. The average molecular weight is 387 g/mol. The summed E-state index contributed by atoms with van der Waals surface area (Å²) in [5.74, 6) is 0.956. The van der Waals surface area contributed by atoms with Crippen LogP contribution in [-0.2, 0) is 22.5 Å². The molecule has 0 atom stereocenters. The number of hydrogen-bond donors (Lipinski definition) is 0. The number of thiophene rings is 1. The molecule has 8 heteroatoms. The van der Waals surface area contributed by atoms with Crippen molar-refractivity contribution >= 4 is 37.5 Å². The summed E-state index contributed by atoms with van der Waals surface area (Å²) < 4.78 is 17.2. The lowest BCUT2D eigenvalue weighted by Crippen LogP contribution is -2.39. The topological polar surface area (TPSA) is 77.7 Å². The van der Waals surface area contributed by atoms with Crippen molar-refractivity contribution in [2.75, 3.05) is 31.2 Å². The van der Waals surface area contributed by atoms with Crippen molar-refractivity contribution in [3.05, 3.63) is 27.2 Å². The second-order valence-electron chi connectivity index (χ2n) is 7.76. The van der Waals surface area contributed by atoms with Crippen LogP contribution in [0.25, 0.3) is 20.3 Å².